The van der Waals surface area contributed by atoms with Gasteiger partial charge in [-0.05, 0) is 46.3 Å². The van der Waals surface area contributed by atoms with Crippen molar-refractivity contribution in [2.24, 2.45) is 5.14 Å². The van der Waals surface area contributed by atoms with E-state index in [1.54, 1.807) is 36.4 Å². The number of hydrogen-bond donors (Lipinski definition) is 3. The van der Waals surface area contributed by atoms with Gasteiger partial charge in [0.05, 0.1) is 11.3 Å². The first-order valence-corrected chi connectivity index (χ1v) is 8.15. The Morgan fingerprint density at radius 2 is 1.71 bits per heavy atom. The summed E-state index contributed by atoms with van der Waals surface area (Å²) in [5, 5.41) is 7.58. The number of nitrogens with two attached hydrogens (primary N) is 1. The lowest BCUT2D eigenvalue weighted by Gasteiger charge is -2.09. The molecule has 6 nitrogen and oxygen atoms in total. The molecule has 4 N–H and O–H groups in total. The zero-order valence-corrected chi connectivity index (χ0v) is 13.1. The number of hydrogen-bond acceptors (Lipinski definition) is 3. The molecule has 2 rings (SSSR count). The fourth-order valence-electron chi connectivity index (χ4n) is 1.67. The molecule has 0 aliphatic rings. The highest BCUT2D eigenvalue weighted by molar-refractivity contribution is 9.10. The molecule has 0 bridgehead atoms. The predicted molar refractivity (Wildman–Crippen MR) is 85.3 cm³/mol. The van der Waals surface area contributed by atoms with Crippen LogP contribution in [0.15, 0.2) is 53.0 Å². The highest BCUT2D eigenvalue weighted by atomic mass is 79.9. The van der Waals surface area contributed by atoms with E-state index >= 15 is 0 Å². The van der Waals surface area contributed by atoms with E-state index < -0.39 is 10.2 Å². The number of amides is 1. The van der Waals surface area contributed by atoms with Crippen LogP contribution in [-0.2, 0) is 10.2 Å². The van der Waals surface area contributed by atoms with E-state index in [-0.39, 0.29) is 11.6 Å². The second-order valence-electron chi connectivity index (χ2n) is 4.16. The van der Waals surface area contributed by atoms with E-state index in [1.807, 2.05) is 0 Å². The molecule has 0 saturated heterocycles. The van der Waals surface area contributed by atoms with Gasteiger partial charge in [-0.1, -0.05) is 18.2 Å². The van der Waals surface area contributed by atoms with Crippen LogP contribution in [0.5, 0.6) is 0 Å². The summed E-state index contributed by atoms with van der Waals surface area (Å²) in [5.41, 5.74) is 1.19. The number of rotatable bonds is 4. The summed E-state index contributed by atoms with van der Waals surface area (Å²) in [5.74, 6) is -0.310. The molecule has 0 heterocycles. The first kappa shape index (κ1) is 15.5. The minimum Gasteiger partial charge on any atom is -0.322 e. The summed E-state index contributed by atoms with van der Waals surface area (Å²) < 4.78 is 24.8. The highest BCUT2D eigenvalue weighted by Gasteiger charge is 2.10. The van der Waals surface area contributed by atoms with Crippen molar-refractivity contribution in [2.75, 3.05) is 10.0 Å². The quantitative estimate of drug-likeness (QED) is 0.770. The van der Waals surface area contributed by atoms with E-state index in [0.717, 1.165) is 0 Å². The van der Waals surface area contributed by atoms with E-state index in [4.69, 9.17) is 5.14 Å². The van der Waals surface area contributed by atoms with Crippen molar-refractivity contribution < 1.29 is 13.2 Å². The average Bonchev–Trinajstić information content (AvgIpc) is 2.37. The topological polar surface area (TPSA) is 101 Å². The van der Waals surface area contributed by atoms with Gasteiger partial charge in [0, 0.05) is 10.2 Å². The maximum Gasteiger partial charge on any atom is 0.296 e. The molecule has 0 aromatic heterocycles. The van der Waals surface area contributed by atoms with Crippen molar-refractivity contribution in [3.8, 4) is 0 Å². The van der Waals surface area contributed by atoms with Crippen LogP contribution in [0.3, 0.4) is 0 Å². The molecule has 8 heteroatoms. The molecule has 0 aliphatic carbocycles. The summed E-state index contributed by atoms with van der Waals surface area (Å²) in [4.78, 5) is 12.1. The molecule has 2 aromatic carbocycles. The van der Waals surface area contributed by atoms with Gasteiger partial charge in [-0.2, -0.15) is 8.42 Å². The van der Waals surface area contributed by atoms with Crippen LogP contribution >= 0.6 is 15.9 Å². The maximum absolute atomic E-state index is 12.1. The van der Waals surface area contributed by atoms with E-state index in [2.05, 4.69) is 26.0 Å². The number of carbonyl (C=O) groups is 1. The lowest BCUT2D eigenvalue weighted by Crippen LogP contribution is -2.21. The molecule has 21 heavy (non-hydrogen) atoms. The van der Waals surface area contributed by atoms with Gasteiger partial charge in [0.1, 0.15) is 0 Å². The summed E-state index contributed by atoms with van der Waals surface area (Å²) in [6.07, 6.45) is 0. The lowest BCUT2D eigenvalue weighted by molar-refractivity contribution is 0.102. The lowest BCUT2D eigenvalue weighted by atomic mass is 10.2. The van der Waals surface area contributed by atoms with Crippen LogP contribution in [0.25, 0.3) is 0 Å². The fraction of sp³-hybridized carbons (Fsp3) is 0. The van der Waals surface area contributed by atoms with Crippen molar-refractivity contribution in [3.63, 3.8) is 0 Å². The number of carbonyl (C=O) groups excluding carboxylic acids is 1. The Balaban J connectivity index is 2.19. The zero-order chi connectivity index (χ0) is 15.5. The predicted octanol–water partition coefficient (Wildman–Crippen LogP) is 2.32. The van der Waals surface area contributed by atoms with E-state index in [1.165, 1.54) is 12.1 Å². The summed E-state index contributed by atoms with van der Waals surface area (Å²) in [7, 11) is -3.85. The van der Waals surface area contributed by atoms with Gasteiger partial charge < -0.3 is 5.32 Å². The van der Waals surface area contributed by atoms with Crippen molar-refractivity contribution in [3.05, 3.63) is 58.6 Å². The van der Waals surface area contributed by atoms with E-state index in [9.17, 15) is 13.2 Å². The molecule has 0 unspecified atom stereocenters. The minimum atomic E-state index is -3.85. The van der Waals surface area contributed by atoms with Crippen molar-refractivity contribution in [2.45, 2.75) is 0 Å². The number of halogens is 1. The zero-order valence-electron chi connectivity index (χ0n) is 10.7. The van der Waals surface area contributed by atoms with Crippen molar-refractivity contribution in [1.29, 1.82) is 0 Å². The van der Waals surface area contributed by atoms with Gasteiger partial charge in [0.25, 0.3) is 16.1 Å². The second-order valence-corrected chi connectivity index (χ2v) is 6.31. The van der Waals surface area contributed by atoms with Crippen LogP contribution in [0, 0.1) is 0 Å². The fourth-order valence-corrected chi connectivity index (χ4v) is 2.59. The second kappa shape index (κ2) is 6.25. The van der Waals surface area contributed by atoms with Crippen molar-refractivity contribution >= 4 is 43.4 Å². The van der Waals surface area contributed by atoms with Gasteiger partial charge in [-0.15, -0.1) is 0 Å². The Labute approximate surface area is 130 Å². The van der Waals surface area contributed by atoms with Gasteiger partial charge in [-0.3, -0.25) is 9.52 Å². The first-order chi connectivity index (χ1) is 9.85. The summed E-state index contributed by atoms with van der Waals surface area (Å²) in [6.45, 7) is 0. The minimum absolute atomic E-state index is 0.266. The molecule has 0 aliphatic heterocycles. The van der Waals surface area contributed by atoms with Crippen molar-refractivity contribution in [1.82, 2.24) is 0 Å². The average molecular weight is 370 g/mol. The largest absolute Gasteiger partial charge is 0.322 e. The Morgan fingerprint density at radius 1 is 1.05 bits per heavy atom. The van der Waals surface area contributed by atoms with Gasteiger partial charge in [-0.25, -0.2) is 5.14 Å². The standard InChI is InChI=1S/C13H12BrN3O3S/c14-12-7-2-1-6-11(12)13(18)16-9-4-3-5-10(8-9)17-21(15,19)20/h1-8,17H,(H,16,18)(H2,15,19,20). The molecule has 1 amide bonds. The Hall–Kier alpha value is -1.90. The van der Waals surface area contributed by atoms with E-state index in [0.29, 0.717) is 15.7 Å². The molecule has 0 spiro atoms. The third-order valence-corrected chi connectivity index (χ3v) is 3.71. The van der Waals surface area contributed by atoms with Crippen LogP contribution in [0.1, 0.15) is 10.4 Å². The molecular weight excluding hydrogens is 358 g/mol. The molecule has 0 saturated carbocycles. The van der Waals surface area contributed by atoms with Crippen LogP contribution in [-0.4, -0.2) is 14.3 Å². The normalized spacial score (nSPS) is 11.0. The third kappa shape index (κ3) is 4.55. The SMILES string of the molecule is NS(=O)(=O)Nc1cccc(NC(=O)c2ccccc2Br)c1. The van der Waals surface area contributed by atoms with Crippen LogP contribution < -0.4 is 15.2 Å². The number of nitrogens with one attached hydrogen (secondary N) is 2. The Bertz CT molecular complexity index is 778. The summed E-state index contributed by atoms with van der Waals surface area (Å²) >= 11 is 3.30. The van der Waals surface area contributed by atoms with Gasteiger partial charge >= 0.3 is 0 Å². The Kier molecular flexibility index (Phi) is 4.61. The monoisotopic (exact) mass is 369 g/mol. The van der Waals surface area contributed by atoms with Gasteiger partial charge in [0.2, 0.25) is 0 Å². The molecule has 0 radical (unpaired) electrons. The number of anilines is 2. The molecule has 110 valence electrons. The van der Waals surface area contributed by atoms with Crippen LogP contribution in [0.2, 0.25) is 0 Å². The highest BCUT2D eigenvalue weighted by Crippen LogP contribution is 2.20. The first-order valence-electron chi connectivity index (χ1n) is 5.81. The molecular formula is C13H12BrN3O3S. The molecule has 2 aromatic rings. The molecule has 0 fully saturated rings. The third-order valence-electron chi connectivity index (χ3n) is 2.50. The maximum atomic E-state index is 12.1. The van der Waals surface area contributed by atoms with Gasteiger partial charge in [0.15, 0.2) is 0 Å². The Morgan fingerprint density at radius 3 is 2.38 bits per heavy atom. The van der Waals surface area contributed by atoms with Crippen LogP contribution in [0.4, 0.5) is 11.4 Å². The summed E-state index contributed by atoms with van der Waals surface area (Å²) in [6, 6.07) is 13.2. The molecule has 0 atom stereocenters. The number of benzene rings is 2. The smallest absolute Gasteiger partial charge is 0.296 e.